The third-order valence-electron chi connectivity index (χ3n) is 2.79. The summed E-state index contributed by atoms with van der Waals surface area (Å²) in [5, 5.41) is 1.96. The Morgan fingerprint density at radius 2 is 2.05 bits per heavy atom. The average Bonchev–Trinajstić information content (AvgIpc) is 2.88. The van der Waals surface area contributed by atoms with E-state index in [1.54, 1.807) is 24.4 Å². The van der Waals surface area contributed by atoms with Gasteiger partial charge in [-0.15, -0.1) is 11.3 Å². The molecule has 0 amide bonds. The molecule has 5 nitrogen and oxygen atoms in total. The lowest BCUT2D eigenvalue weighted by Gasteiger charge is -2.11. The van der Waals surface area contributed by atoms with Crippen molar-refractivity contribution < 1.29 is 17.9 Å². The highest BCUT2D eigenvalue weighted by Crippen LogP contribution is 2.28. The van der Waals surface area contributed by atoms with Gasteiger partial charge in [-0.1, -0.05) is 17.7 Å². The Morgan fingerprint density at radius 1 is 1.33 bits per heavy atom. The van der Waals surface area contributed by atoms with Crippen molar-refractivity contribution in [1.29, 1.82) is 0 Å². The number of hydrogen-bond donors (Lipinski definition) is 1. The molecule has 0 aliphatic rings. The maximum absolute atomic E-state index is 12.4. The summed E-state index contributed by atoms with van der Waals surface area (Å²) in [7, 11) is -2.60. The number of hydrogen-bond acceptors (Lipinski definition) is 5. The van der Waals surface area contributed by atoms with E-state index in [1.807, 2.05) is 0 Å². The van der Waals surface area contributed by atoms with Gasteiger partial charge in [0.2, 0.25) is 0 Å². The number of benzene rings is 1. The van der Waals surface area contributed by atoms with Crippen LogP contribution in [0.1, 0.15) is 15.2 Å². The van der Waals surface area contributed by atoms with Crippen LogP contribution in [0.4, 0.5) is 5.69 Å². The summed E-state index contributed by atoms with van der Waals surface area (Å²) in [6.07, 6.45) is 0. The minimum Gasteiger partial charge on any atom is -0.465 e. The minimum atomic E-state index is -3.84. The van der Waals surface area contributed by atoms with Crippen LogP contribution in [0.15, 0.2) is 34.5 Å². The molecule has 0 aliphatic carbocycles. The molecule has 0 spiro atoms. The molecular formula is C13H12ClNO4S2. The SMILES string of the molecule is COC(=O)c1sccc1NS(=O)(=O)c1cccc(Cl)c1C. The van der Waals surface area contributed by atoms with Gasteiger partial charge in [0.05, 0.1) is 17.7 Å². The molecule has 1 aromatic carbocycles. The number of methoxy groups -OCH3 is 1. The number of carbonyl (C=O) groups is 1. The van der Waals surface area contributed by atoms with Gasteiger partial charge >= 0.3 is 5.97 Å². The van der Waals surface area contributed by atoms with Crippen molar-refractivity contribution in [3.8, 4) is 0 Å². The van der Waals surface area contributed by atoms with E-state index in [1.165, 1.54) is 19.2 Å². The van der Waals surface area contributed by atoms with Crippen LogP contribution in [0.5, 0.6) is 0 Å². The third kappa shape index (κ3) is 3.20. The second kappa shape index (κ2) is 6.05. The van der Waals surface area contributed by atoms with Crippen molar-refractivity contribution in [2.45, 2.75) is 11.8 Å². The molecule has 0 unspecified atom stereocenters. The summed E-state index contributed by atoms with van der Waals surface area (Å²) in [5.41, 5.74) is 0.632. The largest absolute Gasteiger partial charge is 0.465 e. The molecular weight excluding hydrogens is 334 g/mol. The highest BCUT2D eigenvalue weighted by atomic mass is 35.5. The molecule has 1 N–H and O–H groups in total. The molecule has 0 fully saturated rings. The first-order valence-corrected chi connectivity index (χ1v) is 8.54. The van der Waals surface area contributed by atoms with Crippen LogP contribution in [0.25, 0.3) is 0 Å². The zero-order chi connectivity index (χ0) is 15.6. The molecule has 0 radical (unpaired) electrons. The number of sulfonamides is 1. The number of ether oxygens (including phenoxy) is 1. The van der Waals surface area contributed by atoms with E-state index in [0.29, 0.717) is 10.6 Å². The number of rotatable bonds is 4. The number of nitrogens with one attached hydrogen (secondary N) is 1. The fourth-order valence-corrected chi connectivity index (χ4v) is 4.12. The molecule has 112 valence electrons. The van der Waals surface area contributed by atoms with Crippen molar-refractivity contribution in [3.63, 3.8) is 0 Å². The Bertz CT molecular complexity index is 783. The predicted molar refractivity (Wildman–Crippen MR) is 82.7 cm³/mol. The number of carbonyl (C=O) groups excluding carboxylic acids is 1. The highest BCUT2D eigenvalue weighted by molar-refractivity contribution is 7.92. The smallest absolute Gasteiger partial charge is 0.350 e. The number of esters is 1. The second-order valence-electron chi connectivity index (χ2n) is 4.12. The van der Waals surface area contributed by atoms with Gasteiger partial charge in [-0.3, -0.25) is 4.72 Å². The van der Waals surface area contributed by atoms with Gasteiger partial charge in [0.25, 0.3) is 10.0 Å². The molecule has 2 aromatic rings. The van der Waals surface area contributed by atoms with Gasteiger partial charge in [0.15, 0.2) is 0 Å². The van der Waals surface area contributed by atoms with Gasteiger partial charge in [0.1, 0.15) is 4.88 Å². The van der Waals surface area contributed by atoms with Crippen LogP contribution in [0, 0.1) is 6.92 Å². The molecule has 21 heavy (non-hydrogen) atoms. The molecule has 0 saturated heterocycles. The Kier molecular flexibility index (Phi) is 4.55. The van der Waals surface area contributed by atoms with Gasteiger partial charge in [0, 0.05) is 5.02 Å². The van der Waals surface area contributed by atoms with E-state index in [0.717, 1.165) is 11.3 Å². The quantitative estimate of drug-likeness (QED) is 0.863. The lowest BCUT2D eigenvalue weighted by atomic mass is 10.2. The standard InChI is InChI=1S/C13H12ClNO4S2/c1-8-9(14)4-3-5-11(8)21(17,18)15-10-6-7-20-12(10)13(16)19-2/h3-7,15H,1-2H3. The average molecular weight is 346 g/mol. The predicted octanol–water partition coefficient (Wildman–Crippen LogP) is 3.30. The van der Waals surface area contributed by atoms with Crippen LogP contribution >= 0.6 is 22.9 Å². The Labute approximate surface area is 131 Å². The highest BCUT2D eigenvalue weighted by Gasteiger charge is 2.22. The summed E-state index contributed by atoms with van der Waals surface area (Å²) in [6.45, 7) is 1.62. The third-order valence-corrected chi connectivity index (χ3v) is 5.60. The fourth-order valence-electron chi connectivity index (χ4n) is 1.72. The van der Waals surface area contributed by atoms with Gasteiger partial charge in [-0.2, -0.15) is 0 Å². The van der Waals surface area contributed by atoms with E-state index < -0.39 is 16.0 Å². The van der Waals surface area contributed by atoms with Crippen LogP contribution in [0.3, 0.4) is 0 Å². The fraction of sp³-hybridized carbons (Fsp3) is 0.154. The van der Waals surface area contributed by atoms with Crippen molar-refractivity contribution in [2.24, 2.45) is 0 Å². The summed E-state index contributed by atoms with van der Waals surface area (Å²) in [5.74, 6) is -0.592. The summed E-state index contributed by atoms with van der Waals surface area (Å²) < 4.78 is 31.8. The normalized spacial score (nSPS) is 11.2. The van der Waals surface area contributed by atoms with E-state index >= 15 is 0 Å². The number of anilines is 1. The van der Waals surface area contributed by atoms with Crippen LogP contribution in [-0.2, 0) is 14.8 Å². The Hall–Kier alpha value is -1.57. The van der Waals surface area contributed by atoms with Crippen molar-refractivity contribution in [3.05, 3.63) is 45.1 Å². The zero-order valence-electron chi connectivity index (χ0n) is 11.2. The van der Waals surface area contributed by atoms with E-state index in [9.17, 15) is 13.2 Å². The maximum Gasteiger partial charge on any atom is 0.350 e. The molecule has 0 bridgehead atoms. The Balaban J connectivity index is 2.41. The van der Waals surface area contributed by atoms with Crippen LogP contribution < -0.4 is 4.72 Å². The topological polar surface area (TPSA) is 72.5 Å². The molecule has 0 atom stereocenters. The molecule has 0 aliphatic heterocycles. The van der Waals surface area contributed by atoms with Crippen molar-refractivity contribution in [1.82, 2.24) is 0 Å². The molecule has 1 aromatic heterocycles. The minimum absolute atomic E-state index is 0.0667. The first-order chi connectivity index (χ1) is 9.86. The van der Waals surface area contributed by atoms with Crippen LogP contribution in [0.2, 0.25) is 5.02 Å². The number of halogens is 1. The Morgan fingerprint density at radius 3 is 2.71 bits per heavy atom. The van der Waals surface area contributed by atoms with Gasteiger partial charge in [-0.05, 0) is 36.1 Å². The molecule has 2 rings (SSSR count). The first-order valence-electron chi connectivity index (χ1n) is 5.80. The van der Waals surface area contributed by atoms with E-state index in [2.05, 4.69) is 9.46 Å². The molecule has 0 saturated carbocycles. The molecule has 8 heteroatoms. The van der Waals surface area contributed by atoms with Gasteiger partial charge < -0.3 is 4.74 Å². The summed E-state index contributed by atoms with van der Waals surface area (Å²) in [6, 6.07) is 6.13. The van der Waals surface area contributed by atoms with Gasteiger partial charge in [-0.25, -0.2) is 13.2 Å². The van der Waals surface area contributed by atoms with Crippen LogP contribution in [-0.4, -0.2) is 21.5 Å². The van der Waals surface area contributed by atoms with E-state index in [4.69, 9.17) is 11.6 Å². The van der Waals surface area contributed by atoms with Crippen molar-refractivity contribution in [2.75, 3.05) is 11.8 Å². The zero-order valence-corrected chi connectivity index (χ0v) is 13.6. The number of thiophene rings is 1. The first kappa shape index (κ1) is 15.8. The maximum atomic E-state index is 12.4. The second-order valence-corrected chi connectivity index (χ2v) is 7.10. The lowest BCUT2D eigenvalue weighted by molar-refractivity contribution is 0.0607. The summed E-state index contributed by atoms with van der Waals surface area (Å²) in [4.78, 5) is 11.8. The summed E-state index contributed by atoms with van der Waals surface area (Å²) >= 11 is 7.04. The monoisotopic (exact) mass is 345 g/mol. The van der Waals surface area contributed by atoms with E-state index in [-0.39, 0.29) is 15.5 Å². The molecule has 1 heterocycles. The lowest BCUT2D eigenvalue weighted by Crippen LogP contribution is -2.16. The van der Waals surface area contributed by atoms with Crippen molar-refractivity contribution >= 4 is 44.6 Å².